The Morgan fingerprint density at radius 1 is 1.10 bits per heavy atom. The first-order chi connectivity index (χ1) is 14.0. The van der Waals surface area contributed by atoms with Gasteiger partial charge in [0, 0.05) is 31.7 Å². The molecule has 3 heterocycles. The Hall–Kier alpha value is -2.80. The highest BCUT2D eigenvalue weighted by molar-refractivity contribution is 5.92. The number of hydrogen-bond acceptors (Lipinski definition) is 6. The van der Waals surface area contributed by atoms with Gasteiger partial charge in [0.2, 0.25) is 0 Å². The van der Waals surface area contributed by atoms with Crippen molar-refractivity contribution in [2.75, 3.05) is 33.3 Å². The van der Waals surface area contributed by atoms with Crippen LogP contribution < -0.4 is 0 Å². The van der Waals surface area contributed by atoms with E-state index in [2.05, 4.69) is 33.9 Å². The summed E-state index contributed by atoms with van der Waals surface area (Å²) in [6, 6.07) is 8.18. The molecule has 2 fully saturated rings. The quantitative estimate of drug-likeness (QED) is 0.739. The van der Waals surface area contributed by atoms with Crippen molar-refractivity contribution in [2.45, 2.75) is 19.9 Å². The van der Waals surface area contributed by atoms with Gasteiger partial charge in [-0.25, -0.2) is 4.98 Å². The lowest BCUT2D eigenvalue weighted by Gasteiger charge is -2.30. The zero-order valence-corrected chi connectivity index (χ0v) is 17.0. The van der Waals surface area contributed by atoms with Crippen molar-refractivity contribution in [2.24, 2.45) is 11.8 Å². The second-order valence-electron chi connectivity index (χ2n) is 8.00. The zero-order valence-electron chi connectivity index (χ0n) is 17.0. The highest BCUT2D eigenvalue weighted by Crippen LogP contribution is 2.46. The van der Waals surface area contributed by atoms with E-state index in [9.17, 15) is 9.59 Å². The standard InChI is InChI=1S/C22H26N4O3/c1-14-6-4-5-7-17(14)21-18-12-25(13-20(27)29-3)10-16(18)11-26(21)22(28)19-9-23-15(2)8-24-19/h4-9,16,18,21H,10-13H2,1-3H3/t16-,18-,21+/m0/s1. The first kappa shape index (κ1) is 19.5. The third kappa shape index (κ3) is 3.74. The summed E-state index contributed by atoms with van der Waals surface area (Å²) in [6.07, 6.45) is 3.19. The maximum Gasteiger partial charge on any atom is 0.319 e. The molecule has 29 heavy (non-hydrogen) atoms. The summed E-state index contributed by atoms with van der Waals surface area (Å²) in [6.45, 7) is 6.43. The average Bonchev–Trinajstić information content (AvgIpc) is 3.25. The predicted molar refractivity (Wildman–Crippen MR) is 107 cm³/mol. The number of rotatable bonds is 4. The number of aromatic nitrogens is 2. The number of carbonyl (C=O) groups excluding carboxylic acids is 2. The minimum Gasteiger partial charge on any atom is -0.468 e. The lowest BCUT2D eigenvalue weighted by atomic mass is 9.87. The number of likely N-dealkylation sites (tertiary alicyclic amines) is 2. The fourth-order valence-electron chi connectivity index (χ4n) is 4.69. The Kier molecular flexibility index (Phi) is 5.32. The first-order valence-electron chi connectivity index (χ1n) is 9.92. The van der Waals surface area contributed by atoms with Crippen LogP contribution in [0, 0.1) is 25.7 Å². The number of benzene rings is 1. The Morgan fingerprint density at radius 2 is 1.90 bits per heavy atom. The summed E-state index contributed by atoms with van der Waals surface area (Å²) in [7, 11) is 1.42. The van der Waals surface area contributed by atoms with E-state index in [0.29, 0.717) is 24.7 Å². The number of carbonyl (C=O) groups is 2. The first-order valence-corrected chi connectivity index (χ1v) is 9.92. The number of amides is 1. The molecule has 0 radical (unpaired) electrons. The van der Waals surface area contributed by atoms with Gasteiger partial charge in [0.15, 0.2) is 0 Å². The Bertz CT molecular complexity index is 915. The van der Waals surface area contributed by atoms with E-state index >= 15 is 0 Å². The summed E-state index contributed by atoms with van der Waals surface area (Å²) < 4.78 is 4.83. The second-order valence-corrected chi connectivity index (χ2v) is 8.00. The van der Waals surface area contributed by atoms with Crippen LogP contribution in [0.2, 0.25) is 0 Å². The number of esters is 1. The molecular formula is C22H26N4O3. The molecule has 2 aromatic rings. The Balaban J connectivity index is 1.64. The number of ether oxygens (including phenoxy) is 1. The molecule has 1 amide bonds. The van der Waals surface area contributed by atoms with Gasteiger partial charge in [-0.2, -0.15) is 0 Å². The van der Waals surface area contributed by atoms with Crippen LogP contribution in [0.4, 0.5) is 0 Å². The maximum absolute atomic E-state index is 13.3. The molecule has 2 aliphatic rings. The van der Waals surface area contributed by atoms with Crippen molar-refractivity contribution in [3.63, 3.8) is 0 Å². The number of fused-ring (bicyclic) bond motifs is 1. The number of methoxy groups -OCH3 is 1. The van der Waals surface area contributed by atoms with Gasteiger partial charge in [-0.3, -0.25) is 19.5 Å². The fraction of sp³-hybridized carbons (Fsp3) is 0.455. The Morgan fingerprint density at radius 3 is 2.59 bits per heavy atom. The van der Waals surface area contributed by atoms with Crippen molar-refractivity contribution in [1.29, 1.82) is 0 Å². The molecule has 7 nitrogen and oxygen atoms in total. The van der Waals surface area contributed by atoms with E-state index in [0.717, 1.165) is 29.9 Å². The molecule has 1 aromatic heterocycles. The van der Waals surface area contributed by atoms with Gasteiger partial charge in [0.05, 0.1) is 31.6 Å². The molecule has 2 aliphatic heterocycles. The van der Waals surface area contributed by atoms with Crippen LogP contribution in [0.15, 0.2) is 36.7 Å². The molecule has 0 spiro atoms. The van der Waals surface area contributed by atoms with E-state index in [1.807, 2.05) is 24.0 Å². The van der Waals surface area contributed by atoms with E-state index in [4.69, 9.17) is 4.74 Å². The average molecular weight is 394 g/mol. The molecule has 1 aromatic carbocycles. The molecule has 3 atom stereocenters. The van der Waals surface area contributed by atoms with E-state index in [-0.39, 0.29) is 23.8 Å². The van der Waals surface area contributed by atoms with Crippen molar-refractivity contribution >= 4 is 11.9 Å². The van der Waals surface area contributed by atoms with Crippen LogP contribution in [-0.2, 0) is 9.53 Å². The van der Waals surface area contributed by atoms with Crippen LogP contribution in [0.1, 0.15) is 33.4 Å². The highest BCUT2D eigenvalue weighted by Gasteiger charge is 2.49. The zero-order chi connectivity index (χ0) is 20.5. The van der Waals surface area contributed by atoms with E-state index in [1.54, 1.807) is 12.4 Å². The minimum atomic E-state index is -0.222. The smallest absolute Gasteiger partial charge is 0.319 e. The lowest BCUT2D eigenvalue weighted by Crippen LogP contribution is -2.37. The van der Waals surface area contributed by atoms with Gasteiger partial charge in [0.25, 0.3) is 5.91 Å². The largest absolute Gasteiger partial charge is 0.468 e. The molecule has 0 unspecified atom stereocenters. The molecule has 7 heteroatoms. The summed E-state index contributed by atoms with van der Waals surface area (Å²) in [5.41, 5.74) is 3.49. The van der Waals surface area contributed by atoms with Crippen LogP contribution in [0.25, 0.3) is 0 Å². The van der Waals surface area contributed by atoms with Crippen LogP contribution in [-0.4, -0.2) is 64.9 Å². The van der Waals surface area contributed by atoms with Crippen molar-refractivity contribution < 1.29 is 14.3 Å². The summed E-state index contributed by atoms with van der Waals surface area (Å²) in [5.74, 6) is 0.273. The number of hydrogen-bond donors (Lipinski definition) is 0. The summed E-state index contributed by atoms with van der Waals surface area (Å²) in [5, 5.41) is 0. The van der Waals surface area contributed by atoms with Gasteiger partial charge in [0.1, 0.15) is 5.69 Å². The molecule has 4 rings (SSSR count). The van der Waals surface area contributed by atoms with Crippen LogP contribution in [0.3, 0.4) is 0 Å². The molecule has 0 N–H and O–H groups in total. The summed E-state index contributed by atoms with van der Waals surface area (Å²) in [4.78, 5) is 37.7. The van der Waals surface area contributed by atoms with Gasteiger partial charge in [-0.05, 0) is 30.9 Å². The maximum atomic E-state index is 13.3. The number of nitrogens with zero attached hydrogens (tertiary/aromatic N) is 4. The molecule has 0 bridgehead atoms. The van der Waals surface area contributed by atoms with Crippen molar-refractivity contribution in [3.8, 4) is 0 Å². The second kappa shape index (κ2) is 7.91. The van der Waals surface area contributed by atoms with E-state index in [1.165, 1.54) is 7.11 Å². The molecular weight excluding hydrogens is 368 g/mol. The highest BCUT2D eigenvalue weighted by atomic mass is 16.5. The fourth-order valence-corrected chi connectivity index (χ4v) is 4.69. The predicted octanol–water partition coefficient (Wildman–Crippen LogP) is 2.01. The van der Waals surface area contributed by atoms with Gasteiger partial charge in [-0.1, -0.05) is 24.3 Å². The van der Waals surface area contributed by atoms with Crippen LogP contribution in [0.5, 0.6) is 0 Å². The SMILES string of the molecule is COC(=O)CN1C[C@H]2CN(C(=O)c3cnc(C)cn3)[C@H](c3ccccc3C)[C@H]2C1. The molecule has 0 saturated carbocycles. The molecule has 152 valence electrons. The van der Waals surface area contributed by atoms with Crippen LogP contribution >= 0.6 is 0 Å². The third-order valence-corrected chi connectivity index (χ3v) is 6.09. The number of aryl methyl sites for hydroxylation is 2. The van der Waals surface area contributed by atoms with Gasteiger partial charge in [-0.15, -0.1) is 0 Å². The topological polar surface area (TPSA) is 75.6 Å². The lowest BCUT2D eigenvalue weighted by molar-refractivity contribution is -0.141. The Labute approximate surface area is 170 Å². The third-order valence-electron chi connectivity index (χ3n) is 6.09. The van der Waals surface area contributed by atoms with Crippen molar-refractivity contribution in [1.82, 2.24) is 19.8 Å². The van der Waals surface area contributed by atoms with Gasteiger partial charge >= 0.3 is 5.97 Å². The van der Waals surface area contributed by atoms with Gasteiger partial charge < -0.3 is 9.64 Å². The molecule has 2 saturated heterocycles. The normalized spacial score (nSPS) is 23.8. The minimum absolute atomic E-state index is 0.0422. The monoisotopic (exact) mass is 394 g/mol. The summed E-state index contributed by atoms with van der Waals surface area (Å²) >= 11 is 0. The molecule has 0 aliphatic carbocycles. The van der Waals surface area contributed by atoms with Crippen molar-refractivity contribution in [3.05, 3.63) is 59.2 Å². The van der Waals surface area contributed by atoms with E-state index < -0.39 is 0 Å².